The predicted molar refractivity (Wildman–Crippen MR) is 72.8 cm³/mol. The Morgan fingerprint density at radius 1 is 1.42 bits per heavy atom. The second kappa shape index (κ2) is 5.02. The highest BCUT2D eigenvalue weighted by Crippen LogP contribution is 2.28. The van der Waals surface area contributed by atoms with E-state index in [0.717, 1.165) is 48.5 Å². The molecule has 0 atom stereocenters. The molecule has 0 N–H and O–H groups in total. The van der Waals surface area contributed by atoms with Gasteiger partial charge in [-0.25, -0.2) is 4.98 Å². The lowest BCUT2D eigenvalue weighted by Crippen LogP contribution is -2.17. The molecule has 1 aromatic carbocycles. The minimum Gasteiger partial charge on any atom is -0.381 e. The van der Waals surface area contributed by atoms with E-state index in [0.29, 0.717) is 12.3 Å². The Labute approximate surface area is 112 Å². The molecular weight excluding hydrogens is 238 g/mol. The first-order valence-electron chi connectivity index (χ1n) is 6.69. The van der Waals surface area contributed by atoms with E-state index in [4.69, 9.17) is 15.0 Å². The van der Waals surface area contributed by atoms with Crippen LogP contribution >= 0.6 is 0 Å². The van der Waals surface area contributed by atoms with Gasteiger partial charge in [-0.05, 0) is 30.5 Å². The van der Waals surface area contributed by atoms with Gasteiger partial charge >= 0.3 is 0 Å². The smallest absolute Gasteiger partial charge is 0.112 e. The van der Waals surface area contributed by atoms with Crippen LogP contribution in [0.2, 0.25) is 0 Å². The molecule has 0 radical (unpaired) electrons. The molecule has 1 aliphatic heterocycles. The van der Waals surface area contributed by atoms with Gasteiger partial charge in [-0.1, -0.05) is 6.07 Å². The third-order valence-corrected chi connectivity index (χ3v) is 3.85. The van der Waals surface area contributed by atoms with Crippen molar-refractivity contribution in [3.63, 3.8) is 0 Å². The Morgan fingerprint density at radius 3 is 2.95 bits per heavy atom. The largest absolute Gasteiger partial charge is 0.381 e. The Morgan fingerprint density at radius 2 is 2.21 bits per heavy atom. The van der Waals surface area contributed by atoms with E-state index < -0.39 is 0 Å². The molecule has 0 bridgehead atoms. The highest BCUT2D eigenvalue weighted by Gasteiger charge is 2.21. The molecule has 2 heterocycles. The predicted octanol–water partition coefficient (Wildman–Crippen LogP) is 2.53. The number of hydrogen-bond donors (Lipinski definition) is 0. The fraction of sp³-hybridized carbons (Fsp3) is 0.467. The summed E-state index contributed by atoms with van der Waals surface area (Å²) in [6.07, 6.45) is 2.53. The number of ether oxygens (including phenoxy) is 1. The first kappa shape index (κ1) is 12.2. The fourth-order valence-corrected chi connectivity index (χ4v) is 2.79. The normalized spacial score (nSPS) is 16.6. The number of benzene rings is 1. The molecular formula is C15H17N3O. The number of imidazole rings is 1. The zero-order chi connectivity index (χ0) is 13.2. The lowest BCUT2D eigenvalue weighted by atomic mass is 9.99. The minimum atomic E-state index is 0.444. The van der Waals surface area contributed by atoms with Gasteiger partial charge < -0.3 is 9.30 Å². The van der Waals surface area contributed by atoms with Gasteiger partial charge in [0, 0.05) is 26.2 Å². The van der Waals surface area contributed by atoms with Crippen molar-refractivity contribution in [1.82, 2.24) is 9.55 Å². The van der Waals surface area contributed by atoms with Crippen LogP contribution in [0.25, 0.3) is 11.0 Å². The molecule has 0 aliphatic carbocycles. The number of aromatic nitrogens is 2. The van der Waals surface area contributed by atoms with Gasteiger partial charge in [0.05, 0.1) is 23.5 Å². The molecule has 19 heavy (non-hydrogen) atoms. The third kappa shape index (κ3) is 2.22. The molecule has 0 spiro atoms. The molecule has 4 nitrogen and oxygen atoms in total. The van der Waals surface area contributed by atoms with Crippen LogP contribution in [0, 0.1) is 11.3 Å². The lowest BCUT2D eigenvalue weighted by molar-refractivity contribution is 0.0831. The Bertz CT molecular complexity index is 633. The molecule has 1 fully saturated rings. The summed E-state index contributed by atoms with van der Waals surface area (Å²) in [6.45, 7) is 1.65. The van der Waals surface area contributed by atoms with Crippen molar-refractivity contribution in [3.05, 3.63) is 29.6 Å². The third-order valence-electron chi connectivity index (χ3n) is 3.85. The molecule has 1 aliphatic rings. The highest BCUT2D eigenvalue weighted by molar-refractivity contribution is 5.77. The maximum absolute atomic E-state index is 8.77. The van der Waals surface area contributed by atoms with E-state index in [1.165, 1.54) is 0 Å². The van der Waals surface area contributed by atoms with Crippen LogP contribution in [0.15, 0.2) is 18.2 Å². The van der Waals surface area contributed by atoms with Gasteiger partial charge in [-0.15, -0.1) is 0 Å². The van der Waals surface area contributed by atoms with Gasteiger partial charge in [0.25, 0.3) is 0 Å². The zero-order valence-electron chi connectivity index (χ0n) is 11.1. The van der Waals surface area contributed by atoms with Gasteiger partial charge in [0.1, 0.15) is 5.82 Å². The molecule has 98 valence electrons. The molecule has 1 saturated heterocycles. The number of nitrogens with zero attached hydrogens (tertiary/aromatic N) is 3. The molecule has 4 heteroatoms. The number of fused-ring (bicyclic) bond motifs is 1. The van der Waals surface area contributed by atoms with Crippen LogP contribution in [0.3, 0.4) is 0 Å². The first-order chi connectivity index (χ1) is 9.29. The first-order valence-corrected chi connectivity index (χ1v) is 6.69. The van der Waals surface area contributed by atoms with Crippen LogP contribution in [-0.4, -0.2) is 22.8 Å². The number of rotatable bonds is 2. The van der Waals surface area contributed by atoms with E-state index in [-0.39, 0.29) is 0 Å². The molecule has 0 saturated carbocycles. The SMILES string of the molecule is Cn1c(C2CCOCC2)nc2cc(CC#N)ccc21. The molecule has 2 aromatic rings. The van der Waals surface area contributed by atoms with Gasteiger partial charge in [0.2, 0.25) is 0 Å². The monoisotopic (exact) mass is 255 g/mol. The van der Waals surface area contributed by atoms with Crippen molar-refractivity contribution in [2.75, 3.05) is 13.2 Å². The van der Waals surface area contributed by atoms with Crippen molar-refractivity contribution < 1.29 is 4.74 Å². The summed E-state index contributed by atoms with van der Waals surface area (Å²) in [5.41, 5.74) is 3.17. The Kier molecular flexibility index (Phi) is 3.22. The molecule has 0 amide bonds. The maximum atomic E-state index is 8.77. The van der Waals surface area contributed by atoms with Gasteiger partial charge in [-0.2, -0.15) is 5.26 Å². The van der Waals surface area contributed by atoms with Crippen LogP contribution in [-0.2, 0) is 18.2 Å². The number of nitriles is 1. The fourth-order valence-electron chi connectivity index (χ4n) is 2.79. The topological polar surface area (TPSA) is 50.8 Å². The summed E-state index contributed by atoms with van der Waals surface area (Å²) in [5.74, 6) is 1.64. The van der Waals surface area contributed by atoms with E-state index in [1.807, 2.05) is 12.1 Å². The van der Waals surface area contributed by atoms with Gasteiger partial charge in [-0.3, -0.25) is 0 Å². The van der Waals surface area contributed by atoms with Crippen LogP contribution in [0.4, 0.5) is 0 Å². The summed E-state index contributed by atoms with van der Waals surface area (Å²) in [4.78, 5) is 4.78. The number of hydrogen-bond acceptors (Lipinski definition) is 3. The van der Waals surface area contributed by atoms with E-state index >= 15 is 0 Å². The zero-order valence-corrected chi connectivity index (χ0v) is 11.1. The summed E-state index contributed by atoms with van der Waals surface area (Å²) >= 11 is 0. The van der Waals surface area contributed by atoms with Crippen LogP contribution < -0.4 is 0 Å². The summed E-state index contributed by atoms with van der Waals surface area (Å²) in [7, 11) is 2.07. The Hall–Kier alpha value is -1.86. The second-order valence-electron chi connectivity index (χ2n) is 5.07. The van der Waals surface area contributed by atoms with Gasteiger partial charge in [0.15, 0.2) is 0 Å². The average Bonchev–Trinajstić information content (AvgIpc) is 2.77. The Balaban J connectivity index is 2.01. The maximum Gasteiger partial charge on any atom is 0.112 e. The summed E-state index contributed by atoms with van der Waals surface area (Å²) in [5, 5.41) is 8.77. The average molecular weight is 255 g/mol. The quantitative estimate of drug-likeness (QED) is 0.828. The van der Waals surface area contributed by atoms with Crippen molar-refractivity contribution in [2.24, 2.45) is 7.05 Å². The van der Waals surface area contributed by atoms with Crippen molar-refractivity contribution >= 4 is 11.0 Å². The van der Waals surface area contributed by atoms with Crippen molar-refractivity contribution in [3.8, 4) is 6.07 Å². The summed E-state index contributed by atoms with van der Waals surface area (Å²) in [6, 6.07) is 8.29. The second-order valence-corrected chi connectivity index (χ2v) is 5.07. The standard InChI is InChI=1S/C15H17N3O/c1-18-14-3-2-11(4-7-16)10-13(14)17-15(18)12-5-8-19-9-6-12/h2-3,10,12H,4-6,8-9H2,1H3. The summed E-state index contributed by atoms with van der Waals surface area (Å²) < 4.78 is 7.60. The highest BCUT2D eigenvalue weighted by atomic mass is 16.5. The molecule has 1 aromatic heterocycles. The molecule has 0 unspecified atom stereocenters. The van der Waals surface area contributed by atoms with E-state index in [2.05, 4.69) is 23.8 Å². The van der Waals surface area contributed by atoms with Crippen molar-refractivity contribution in [1.29, 1.82) is 5.26 Å². The van der Waals surface area contributed by atoms with Crippen LogP contribution in [0.5, 0.6) is 0 Å². The minimum absolute atomic E-state index is 0.444. The van der Waals surface area contributed by atoms with E-state index in [9.17, 15) is 0 Å². The lowest BCUT2D eigenvalue weighted by Gasteiger charge is -2.21. The molecule has 3 rings (SSSR count). The van der Waals surface area contributed by atoms with Crippen LogP contribution in [0.1, 0.15) is 30.1 Å². The number of aryl methyl sites for hydroxylation is 1. The van der Waals surface area contributed by atoms with Crippen molar-refractivity contribution in [2.45, 2.75) is 25.2 Å². The van der Waals surface area contributed by atoms with E-state index in [1.54, 1.807) is 0 Å².